The number of fused-ring (bicyclic) bond motifs is 6. The summed E-state index contributed by atoms with van der Waals surface area (Å²) in [6.45, 7) is 6.50. The maximum Gasteiger partial charge on any atom is 0.157 e. The van der Waals surface area contributed by atoms with Crippen molar-refractivity contribution in [2.45, 2.75) is 83.4 Å². The molecule has 4 fully saturated rings. The fourth-order valence-corrected chi connectivity index (χ4v) is 4.11. The minimum atomic E-state index is -0.664. The van der Waals surface area contributed by atoms with E-state index >= 15 is 0 Å². The molecule has 0 aromatic carbocycles. The Kier molecular flexibility index (Phi) is 4.10. The summed E-state index contributed by atoms with van der Waals surface area (Å²) in [5, 5.41) is 10.2. The zero-order valence-electron chi connectivity index (χ0n) is 12.9. The maximum atomic E-state index is 10.2. The van der Waals surface area contributed by atoms with Crippen LogP contribution < -0.4 is 0 Å². The monoisotopic (exact) mass is 284 g/mol. The van der Waals surface area contributed by atoms with Crippen molar-refractivity contribution in [2.75, 3.05) is 0 Å². The molecule has 4 heteroatoms. The smallest absolute Gasteiger partial charge is 0.157 e. The molecule has 0 aromatic rings. The summed E-state index contributed by atoms with van der Waals surface area (Å²) in [4.78, 5) is 11.5. The topological polar surface area (TPSA) is 47.9 Å². The Morgan fingerprint density at radius 3 is 2.75 bits per heavy atom. The molecule has 116 valence electrons. The molecule has 1 aliphatic carbocycles. The highest BCUT2D eigenvalue weighted by Crippen LogP contribution is 2.44. The van der Waals surface area contributed by atoms with Crippen molar-refractivity contribution in [2.24, 2.45) is 17.8 Å². The van der Waals surface area contributed by atoms with Crippen LogP contribution in [0.4, 0.5) is 0 Å². The van der Waals surface area contributed by atoms with Crippen molar-refractivity contribution in [1.82, 2.24) is 0 Å². The number of hydrogen-bond donors (Lipinski definition) is 1. The van der Waals surface area contributed by atoms with Gasteiger partial charge in [0.15, 0.2) is 6.29 Å². The number of hydrogen-bond acceptors (Lipinski definition) is 4. The predicted octanol–water partition coefficient (Wildman–Crippen LogP) is 3.04. The lowest BCUT2D eigenvalue weighted by Crippen LogP contribution is -2.57. The van der Waals surface area contributed by atoms with Gasteiger partial charge in [-0.05, 0) is 31.6 Å². The number of ether oxygens (including phenoxy) is 1. The molecule has 7 unspecified atom stereocenters. The largest absolute Gasteiger partial charge is 0.368 e. The predicted molar refractivity (Wildman–Crippen MR) is 74.8 cm³/mol. The van der Waals surface area contributed by atoms with E-state index in [9.17, 15) is 5.11 Å². The molecule has 0 spiro atoms. The molecule has 4 bridgehead atoms. The molecule has 0 amide bonds. The molecule has 20 heavy (non-hydrogen) atoms. The van der Waals surface area contributed by atoms with Crippen LogP contribution in [0, 0.1) is 17.8 Å². The molecule has 7 atom stereocenters. The zero-order chi connectivity index (χ0) is 14.3. The van der Waals surface area contributed by atoms with Crippen LogP contribution >= 0.6 is 0 Å². The second kappa shape index (κ2) is 5.56. The highest BCUT2D eigenvalue weighted by molar-refractivity contribution is 4.94. The van der Waals surface area contributed by atoms with Gasteiger partial charge < -0.3 is 9.84 Å². The summed E-state index contributed by atoms with van der Waals surface area (Å²) in [5.41, 5.74) is -0.268. The standard InChI is InChI=1S/C16H28O4/c1-10-5-4-8-16(3)9-13-14(19-20-16)12(7-6-10)11(2)15(17)18-13/h10-15,17H,4-9H2,1-3H3. The van der Waals surface area contributed by atoms with Crippen molar-refractivity contribution in [1.29, 1.82) is 0 Å². The average Bonchev–Trinajstić information content (AvgIpc) is 2.42. The molecule has 4 rings (SSSR count). The van der Waals surface area contributed by atoms with Crippen LogP contribution in [0.2, 0.25) is 0 Å². The summed E-state index contributed by atoms with van der Waals surface area (Å²) in [7, 11) is 0. The van der Waals surface area contributed by atoms with Gasteiger partial charge in [-0.3, -0.25) is 0 Å². The molecule has 0 aromatic heterocycles. The number of rotatable bonds is 0. The van der Waals surface area contributed by atoms with Crippen molar-refractivity contribution in [3.63, 3.8) is 0 Å². The van der Waals surface area contributed by atoms with Gasteiger partial charge >= 0.3 is 0 Å². The van der Waals surface area contributed by atoms with Gasteiger partial charge in [-0.2, -0.15) is 0 Å². The highest BCUT2D eigenvalue weighted by Gasteiger charge is 2.50. The molecule has 3 heterocycles. The molecule has 0 radical (unpaired) electrons. The van der Waals surface area contributed by atoms with Gasteiger partial charge in [-0.15, -0.1) is 0 Å². The maximum absolute atomic E-state index is 10.2. The normalized spacial score (nSPS) is 53.4. The van der Waals surface area contributed by atoms with Gasteiger partial charge in [0, 0.05) is 12.3 Å². The van der Waals surface area contributed by atoms with Gasteiger partial charge in [0.1, 0.15) is 11.7 Å². The van der Waals surface area contributed by atoms with Crippen molar-refractivity contribution < 1.29 is 19.6 Å². The molecule has 4 aliphatic rings. The van der Waals surface area contributed by atoms with E-state index in [0.29, 0.717) is 5.92 Å². The Morgan fingerprint density at radius 1 is 1.15 bits per heavy atom. The summed E-state index contributed by atoms with van der Waals surface area (Å²) < 4.78 is 5.82. The Morgan fingerprint density at radius 2 is 1.95 bits per heavy atom. The summed E-state index contributed by atoms with van der Waals surface area (Å²) in [6, 6.07) is 0. The van der Waals surface area contributed by atoms with Crippen LogP contribution in [-0.4, -0.2) is 29.2 Å². The highest BCUT2D eigenvalue weighted by atomic mass is 17.2. The van der Waals surface area contributed by atoms with E-state index in [4.69, 9.17) is 14.5 Å². The van der Waals surface area contributed by atoms with E-state index in [-0.39, 0.29) is 23.7 Å². The fraction of sp³-hybridized carbons (Fsp3) is 1.00. The van der Waals surface area contributed by atoms with E-state index in [1.165, 1.54) is 19.3 Å². The van der Waals surface area contributed by atoms with Crippen molar-refractivity contribution >= 4 is 0 Å². The van der Waals surface area contributed by atoms with E-state index in [0.717, 1.165) is 25.2 Å². The Labute approximate surface area is 121 Å². The molecule has 1 saturated carbocycles. The second-order valence-electron chi connectivity index (χ2n) is 7.46. The van der Waals surface area contributed by atoms with E-state index in [2.05, 4.69) is 20.8 Å². The Hall–Kier alpha value is -0.160. The summed E-state index contributed by atoms with van der Waals surface area (Å²) >= 11 is 0. The SMILES string of the molecule is CC1CCCC2(C)CC3OC(O)C(C)C(CC1)C3OO2. The molecule has 1 N–H and O–H groups in total. The van der Waals surface area contributed by atoms with E-state index in [1.54, 1.807) is 0 Å². The van der Waals surface area contributed by atoms with Crippen LogP contribution in [0.1, 0.15) is 59.3 Å². The van der Waals surface area contributed by atoms with Gasteiger partial charge in [-0.25, -0.2) is 9.78 Å². The average molecular weight is 284 g/mol. The van der Waals surface area contributed by atoms with Crippen molar-refractivity contribution in [3.8, 4) is 0 Å². The van der Waals surface area contributed by atoms with Crippen LogP contribution in [0.5, 0.6) is 0 Å². The molecule has 3 aliphatic heterocycles. The Balaban J connectivity index is 1.85. The summed E-state index contributed by atoms with van der Waals surface area (Å²) in [5.74, 6) is 1.17. The lowest BCUT2D eigenvalue weighted by atomic mass is 9.77. The third kappa shape index (κ3) is 2.76. The fourth-order valence-electron chi connectivity index (χ4n) is 4.11. The van der Waals surface area contributed by atoms with Crippen LogP contribution in [-0.2, 0) is 14.5 Å². The molecule has 4 nitrogen and oxygen atoms in total. The van der Waals surface area contributed by atoms with Gasteiger partial charge in [0.05, 0.1) is 6.10 Å². The van der Waals surface area contributed by atoms with Gasteiger partial charge in [0.2, 0.25) is 0 Å². The lowest BCUT2D eigenvalue weighted by Gasteiger charge is -2.49. The first-order valence-corrected chi connectivity index (χ1v) is 8.16. The summed E-state index contributed by atoms with van der Waals surface area (Å²) in [6.07, 6.45) is 5.81. The molecular formula is C16H28O4. The van der Waals surface area contributed by atoms with Gasteiger partial charge in [-0.1, -0.05) is 33.1 Å². The lowest BCUT2D eigenvalue weighted by molar-refractivity contribution is -0.453. The molecular weight excluding hydrogens is 256 g/mol. The Bertz CT molecular complexity index is 347. The first-order chi connectivity index (χ1) is 9.48. The van der Waals surface area contributed by atoms with E-state index < -0.39 is 6.29 Å². The van der Waals surface area contributed by atoms with E-state index in [1.807, 2.05) is 0 Å². The first kappa shape index (κ1) is 14.8. The first-order valence-electron chi connectivity index (χ1n) is 8.16. The quantitative estimate of drug-likeness (QED) is 0.695. The van der Waals surface area contributed by atoms with Crippen LogP contribution in [0.25, 0.3) is 0 Å². The van der Waals surface area contributed by atoms with Crippen LogP contribution in [0.15, 0.2) is 0 Å². The minimum Gasteiger partial charge on any atom is -0.368 e. The minimum absolute atomic E-state index is 0.0215. The van der Waals surface area contributed by atoms with Crippen LogP contribution in [0.3, 0.4) is 0 Å². The number of aliphatic hydroxyl groups is 1. The van der Waals surface area contributed by atoms with Gasteiger partial charge in [0.25, 0.3) is 0 Å². The second-order valence-corrected chi connectivity index (χ2v) is 7.46. The van der Waals surface area contributed by atoms with Crippen molar-refractivity contribution in [3.05, 3.63) is 0 Å². The molecule has 3 saturated heterocycles. The third-order valence-corrected chi connectivity index (χ3v) is 5.62. The third-order valence-electron chi connectivity index (χ3n) is 5.62. The number of aliphatic hydroxyl groups excluding tert-OH is 1. The zero-order valence-corrected chi connectivity index (χ0v) is 12.9.